The maximum Gasteiger partial charge on any atom is 0.0793 e. The van der Waals surface area contributed by atoms with Crippen LogP contribution in [0.1, 0.15) is 30.0 Å². The molecule has 1 N–H and O–H groups in total. The molecule has 0 amide bonds. The van der Waals surface area contributed by atoms with Crippen LogP contribution in [0.4, 0.5) is 5.69 Å². The highest BCUT2D eigenvalue weighted by atomic mass is 15.3. The molecule has 0 atom stereocenters. The summed E-state index contributed by atoms with van der Waals surface area (Å²) >= 11 is 0. The number of nitrogens with one attached hydrogen (secondary N) is 1. The Kier molecular flexibility index (Phi) is 3.19. The number of rotatable bonds is 3. The van der Waals surface area contributed by atoms with Crippen molar-refractivity contribution in [2.24, 2.45) is 0 Å². The van der Waals surface area contributed by atoms with E-state index in [2.05, 4.69) is 52.3 Å². The molecule has 21 heavy (non-hydrogen) atoms. The van der Waals surface area contributed by atoms with Crippen LogP contribution in [0.15, 0.2) is 30.5 Å². The zero-order chi connectivity index (χ0) is 14.2. The van der Waals surface area contributed by atoms with E-state index in [1.54, 1.807) is 0 Å². The van der Waals surface area contributed by atoms with Crippen molar-refractivity contribution in [1.82, 2.24) is 15.1 Å². The van der Waals surface area contributed by atoms with Gasteiger partial charge in [0, 0.05) is 32.1 Å². The Labute approximate surface area is 125 Å². The summed E-state index contributed by atoms with van der Waals surface area (Å²) in [6.07, 6.45) is 4.68. The van der Waals surface area contributed by atoms with Crippen LogP contribution in [0, 0.1) is 6.92 Å². The SMILES string of the molecule is Cc1ccccc1-n1ncc(N2CCNCC2)c1C1CC1. The summed E-state index contributed by atoms with van der Waals surface area (Å²) in [5, 5.41) is 8.17. The van der Waals surface area contributed by atoms with Crippen molar-refractivity contribution in [3.8, 4) is 5.69 Å². The van der Waals surface area contributed by atoms with Crippen molar-refractivity contribution in [1.29, 1.82) is 0 Å². The Morgan fingerprint density at radius 1 is 1.10 bits per heavy atom. The summed E-state index contributed by atoms with van der Waals surface area (Å²) in [6, 6.07) is 8.54. The van der Waals surface area contributed by atoms with Gasteiger partial charge in [-0.25, -0.2) is 4.68 Å². The van der Waals surface area contributed by atoms with Crippen LogP contribution in [-0.4, -0.2) is 36.0 Å². The highest BCUT2D eigenvalue weighted by Crippen LogP contribution is 2.45. The summed E-state index contributed by atoms with van der Waals surface area (Å²) in [6.45, 7) is 6.47. The largest absolute Gasteiger partial charge is 0.366 e. The van der Waals surface area contributed by atoms with Crippen molar-refractivity contribution in [3.05, 3.63) is 41.7 Å². The molecule has 2 aromatic rings. The third kappa shape index (κ3) is 2.33. The van der Waals surface area contributed by atoms with Crippen LogP contribution in [0.5, 0.6) is 0 Å². The average molecular weight is 282 g/mol. The number of hydrogen-bond acceptors (Lipinski definition) is 3. The second kappa shape index (κ2) is 5.19. The summed E-state index contributed by atoms with van der Waals surface area (Å²) in [5.74, 6) is 0.692. The lowest BCUT2D eigenvalue weighted by Crippen LogP contribution is -2.43. The van der Waals surface area contributed by atoms with Gasteiger partial charge in [-0.2, -0.15) is 5.10 Å². The summed E-state index contributed by atoms with van der Waals surface area (Å²) in [7, 11) is 0. The molecular weight excluding hydrogens is 260 g/mol. The lowest BCUT2D eigenvalue weighted by Gasteiger charge is -2.29. The number of aryl methyl sites for hydroxylation is 1. The van der Waals surface area contributed by atoms with Crippen molar-refractivity contribution in [2.45, 2.75) is 25.7 Å². The number of hydrogen-bond donors (Lipinski definition) is 1. The van der Waals surface area contributed by atoms with E-state index in [-0.39, 0.29) is 0 Å². The van der Waals surface area contributed by atoms with Crippen molar-refractivity contribution >= 4 is 5.69 Å². The second-order valence-corrected chi connectivity index (χ2v) is 6.12. The monoisotopic (exact) mass is 282 g/mol. The standard InChI is InChI=1S/C17H22N4/c1-13-4-2-3-5-15(13)21-17(14-6-7-14)16(12-19-21)20-10-8-18-9-11-20/h2-5,12,14,18H,6-11H2,1H3. The lowest BCUT2D eigenvalue weighted by molar-refractivity contribution is 0.587. The Bertz CT molecular complexity index is 636. The van der Waals surface area contributed by atoms with E-state index in [0.29, 0.717) is 5.92 Å². The van der Waals surface area contributed by atoms with Crippen LogP contribution in [0.2, 0.25) is 0 Å². The van der Waals surface area contributed by atoms with Gasteiger partial charge in [-0.05, 0) is 31.4 Å². The van der Waals surface area contributed by atoms with Crippen LogP contribution >= 0.6 is 0 Å². The number of nitrogens with zero attached hydrogens (tertiary/aromatic N) is 3. The Morgan fingerprint density at radius 2 is 1.86 bits per heavy atom. The third-order valence-corrected chi connectivity index (χ3v) is 4.55. The molecule has 1 saturated carbocycles. The van der Waals surface area contributed by atoms with E-state index in [1.807, 2.05) is 0 Å². The van der Waals surface area contributed by atoms with Crippen LogP contribution in [0.3, 0.4) is 0 Å². The molecule has 2 fully saturated rings. The zero-order valence-electron chi connectivity index (χ0n) is 12.5. The molecule has 0 spiro atoms. The molecule has 1 aliphatic carbocycles. The highest BCUT2D eigenvalue weighted by Gasteiger charge is 2.33. The first kappa shape index (κ1) is 12.9. The molecular formula is C17H22N4. The van der Waals surface area contributed by atoms with Gasteiger partial charge >= 0.3 is 0 Å². The Hall–Kier alpha value is -1.81. The first-order valence-electron chi connectivity index (χ1n) is 7.94. The zero-order valence-corrected chi connectivity index (χ0v) is 12.5. The molecule has 0 bridgehead atoms. The van der Waals surface area contributed by atoms with Crippen molar-refractivity contribution in [3.63, 3.8) is 0 Å². The van der Waals surface area contributed by atoms with Gasteiger partial charge in [0.1, 0.15) is 0 Å². The first-order valence-corrected chi connectivity index (χ1v) is 7.94. The van der Waals surface area contributed by atoms with Crippen LogP contribution < -0.4 is 10.2 Å². The number of anilines is 1. The average Bonchev–Trinajstić information content (AvgIpc) is 3.27. The highest BCUT2D eigenvalue weighted by molar-refractivity contribution is 5.56. The number of para-hydroxylation sites is 1. The van der Waals surface area contributed by atoms with Crippen molar-refractivity contribution < 1.29 is 0 Å². The predicted molar refractivity (Wildman–Crippen MR) is 85.4 cm³/mol. The first-order chi connectivity index (χ1) is 10.3. The van der Waals surface area contributed by atoms with E-state index in [0.717, 1.165) is 26.2 Å². The summed E-state index contributed by atoms with van der Waals surface area (Å²) in [4.78, 5) is 2.49. The quantitative estimate of drug-likeness (QED) is 0.939. The molecule has 1 aromatic carbocycles. The lowest BCUT2D eigenvalue weighted by atomic mass is 10.1. The van der Waals surface area contributed by atoms with Crippen molar-refractivity contribution in [2.75, 3.05) is 31.1 Å². The van der Waals surface area contributed by atoms with E-state index in [9.17, 15) is 0 Å². The van der Waals surface area contributed by atoms with Gasteiger partial charge in [0.2, 0.25) is 0 Å². The van der Waals surface area contributed by atoms with Crippen LogP contribution in [-0.2, 0) is 0 Å². The fourth-order valence-corrected chi connectivity index (χ4v) is 3.23. The molecule has 1 aliphatic heterocycles. The van der Waals surface area contributed by atoms with E-state index in [4.69, 9.17) is 5.10 Å². The summed E-state index contributed by atoms with van der Waals surface area (Å²) < 4.78 is 2.18. The fraction of sp³-hybridized carbons (Fsp3) is 0.471. The molecule has 1 aromatic heterocycles. The Balaban J connectivity index is 1.78. The summed E-state index contributed by atoms with van der Waals surface area (Å²) in [5.41, 5.74) is 5.28. The number of aromatic nitrogens is 2. The molecule has 1 saturated heterocycles. The normalized spacial score (nSPS) is 19.0. The van der Waals surface area contributed by atoms with Crippen LogP contribution in [0.25, 0.3) is 5.69 Å². The minimum absolute atomic E-state index is 0.692. The molecule has 2 aliphatic rings. The molecule has 4 heteroatoms. The number of piperazine rings is 1. The van der Waals surface area contributed by atoms with E-state index in [1.165, 1.54) is 35.5 Å². The van der Waals surface area contributed by atoms with Gasteiger partial charge < -0.3 is 10.2 Å². The molecule has 110 valence electrons. The number of benzene rings is 1. The van der Waals surface area contributed by atoms with Gasteiger partial charge in [-0.1, -0.05) is 18.2 Å². The maximum absolute atomic E-state index is 4.74. The third-order valence-electron chi connectivity index (χ3n) is 4.55. The minimum Gasteiger partial charge on any atom is -0.366 e. The van der Waals surface area contributed by atoms with E-state index < -0.39 is 0 Å². The van der Waals surface area contributed by atoms with Gasteiger partial charge in [0.25, 0.3) is 0 Å². The molecule has 0 unspecified atom stereocenters. The second-order valence-electron chi connectivity index (χ2n) is 6.12. The predicted octanol–water partition coefficient (Wildman–Crippen LogP) is 2.47. The Morgan fingerprint density at radius 3 is 2.57 bits per heavy atom. The van der Waals surface area contributed by atoms with E-state index >= 15 is 0 Å². The molecule has 0 radical (unpaired) electrons. The molecule has 2 heterocycles. The molecule has 4 nitrogen and oxygen atoms in total. The van der Waals surface area contributed by atoms with Gasteiger partial charge in [0.15, 0.2) is 0 Å². The minimum atomic E-state index is 0.692. The maximum atomic E-state index is 4.74. The van der Waals surface area contributed by atoms with Gasteiger partial charge in [-0.3, -0.25) is 0 Å². The smallest absolute Gasteiger partial charge is 0.0793 e. The van der Waals surface area contributed by atoms with Gasteiger partial charge in [0.05, 0.1) is 23.3 Å². The fourth-order valence-electron chi connectivity index (χ4n) is 3.23. The van der Waals surface area contributed by atoms with Gasteiger partial charge in [-0.15, -0.1) is 0 Å². The topological polar surface area (TPSA) is 33.1 Å². The molecule has 4 rings (SSSR count).